The van der Waals surface area contributed by atoms with Crippen LogP contribution in [0.25, 0.3) is 0 Å². The Kier molecular flexibility index (Phi) is 9.71. The lowest BCUT2D eigenvalue weighted by atomic mass is 9.54. The largest absolute Gasteiger partial charge is 0.466 e. The number of esters is 2. The highest BCUT2D eigenvalue weighted by Crippen LogP contribution is 2.64. The van der Waals surface area contributed by atoms with Crippen LogP contribution in [0.4, 0.5) is 0 Å². The van der Waals surface area contributed by atoms with Crippen LogP contribution >= 0.6 is 7.37 Å². The number of benzene rings is 2. The van der Waals surface area contributed by atoms with E-state index in [1.165, 1.54) is 19.3 Å². The van der Waals surface area contributed by atoms with E-state index in [9.17, 15) is 9.59 Å². The van der Waals surface area contributed by atoms with Gasteiger partial charge in [-0.2, -0.15) is 0 Å². The molecule has 7 heteroatoms. The number of ether oxygens (including phenoxy) is 2. The van der Waals surface area contributed by atoms with Gasteiger partial charge >= 0.3 is 11.9 Å². The zero-order valence-electron chi connectivity index (χ0n) is 24.5. The van der Waals surface area contributed by atoms with Crippen molar-refractivity contribution in [3.8, 4) is 0 Å². The zero-order valence-corrected chi connectivity index (χ0v) is 25.4. The fourth-order valence-corrected chi connectivity index (χ4v) is 11.2. The first-order valence-electron chi connectivity index (χ1n) is 15.5. The molecule has 4 saturated carbocycles. The van der Waals surface area contributed by atoms with Gasteiger partial charge < -0.3 is 14.0 Å². The summed E-state index contributed by atoms with van der Waals surface area (Å²) in [4.78, 5) is 26.6. The molecule has 0 N–H and O–H groups in total. The molecule has 2 aromatic rings. The van der Waals surface area contributed by atoms with Gasteiger partial charge in [0.2, 0.25) is 7.37 Å². The highest BCUT2D eigenvalue weighted by molar-refractivity contribution is 7.59. The molecule has 0 saturated heterocycles. The van der Waals surface area contributed by atoms with E-state index in [1.54, 1.807) is 13.8 Å². The van der Waals surface area contributed by atoms with Crippen molar-refractivity contribution in [3.05, 3.63) is 71.8 Å². The van der Waals surface area contributed by atoms with Crippen LogP contribution in [0.1, 0.15) is 63.5 Å². The Labute approximate surface area is 245 Å². The summed E-state index contributed by atoms with van der Waals surface area (Å²) in [6.45, 7) is 4.09. The Morgan fingerprint density at radius 3 is 1.49 bits per heavy atom. The number of hydrogen-bond acceptors (Lipinski definition) is 6. The third-order valence-electron chi connectivity index (χ3n) is 9.23. The minimum Gasteiger partial charge on any atom is -0.466 e. The van der Waals surface area contributed by atoms with Crippen LogP contribution < -0.4 is 0 Å². The molecule has 4 aliphatic carbocycles. The van der Waals surface area contributed by atoms with E-state index in [1.807, 2.05) is 60.7 Å². The smallest absolute Gasteiger partial charge is 0.309 e. The van der Waals surface area contributed by atoms with Crippen molar-refractivity contribution in [1.82, 2.24) is 0 Å². The maximum absolute atomic E-state index is 15.3. The highest BCUT2D eigenvalue weighted by atomic mass is 31.2. The summed E-state index contributed by atoms with van der Waals surface area (Å²) in [7, 11) is -3.51. The molecule has 0 heterocycles. The molecule has 2 aromatic carbocycles. The first kappa shape index (κ1) is 30.0. The van der Waals surface area contributed by atoms with Gasteiger partial charge in [0.25, 0.3) is 0 Å². The number of rotatable bonds is 14. The van der Waals surface area contributed by atoms with Crippen molar-refractivity contribution >= 4 is 19.3 Å². The van der Waals surface area contributed by atoms with Gasteiger partial charge in [-0.05, 0) is 94.1 Å². The number of carbonyl (C=O) groups is 2. The molecule has 6 rings (SSSR count). The minimum atomic E-state index is -3.51. The fourth-order valence-electron chi connectivity index (χ4n) is 8.08. The molecule has 4 fully saturated rings. The molecule has 0 aliphatic heterocycles. The van der Waals surface area contributed by atoms with Gasteiger partial charge in [-0.3, -0.25) is 14.2 Å². The van der Waals surface area contributed by atoms with E-state index in [2.05, 4.69) is 0 Å². The molecular weight excluding hydrogens is 535 g/mol. The molecule has 4 aliphatic rings. The van der Waals surface area contributed by atoms with E-state index in [0.717, 1.165) is 30.4 Å². The van der Waals surface area contributed by atoms with Crippen LogP contribution in [0.5, 0.6) is 0 Å². The van der Waals surface area contributed by atoms with Crippen molar-refractivity contribution < 1.29 is 28.2 Å². The van der Waals surface area contributed by atoms with E-state index in [-0.39, 0.29) is 37.5 Å². The van der Waals surface area contributed by atoms with Crippen molar-refractivity contribution in [3.63, 3.8) is 0 Å². The predicted octanol–water partition coefficient (Wildman–Crippen LogP) is 7.09. The summed E-state index contributed by atoms with van der Waals surface area (Å²) in [6, 6.07) is 19.6. The van der Waals surface area contributed by atoms with E-state index in [4.69, 9.17) is 14.0 Å². The lowest BCUT2D eigenvalue weighted by molar-refractivity contribution is -0.147. The van der Waals surface area contributed by atoms with Gasteiger partial charge in [-0.15, -0.1) is 0 Å². The van der Waals surface area contributed by atoms with Crippen molar-refractivity contribution in [1.29, 1.82) is 0 Å². The van der Waals surface area contributed by atoms with Crippen LogP contribution in [0, 0.1) is 29.6 Å². The van der Waals surface area contributed by atoms with Gasteiger partial charge in [0.05, 0.1) is 30.7 Å². The third-order valence-corrected chi connectivity index (χ3v) is 11.9. The van der Waals surface area contributed by atoms with Gasteiger partial charge in [-0.25, -0.2) is 0 Å². The van der Waals surface area contributed by atoms with Crippen molar-refractivity contribution in [2.24, 2.45) is 29.6 Å². The molecule has 0 aromatic heterocycles. The van der Waals surface area contributed by atoms with Gasteiger partial charge in [0, 0.05) is 12.3 Å². The van der Waals surface area contributed by atoms with E-state index in [0.29, 0.717) is 30.6 Å². The SMILES string of the molecule is CCOC(=O)C(Cc1ccccc1)CP(=O)(CC(Cc1ccccc1)C(=O)OCC)OC12CC3CC(CC(C3)C1)C2. The molecule has 6 nitrogen and oxygen atoms in total. The lowest BCUT2D eigenvalue weighted by Gasteiger charge is -2.57. The third kappa shape index (κ3) is 7.70. The summed E-state index contributed by atoms with van der Waals surface area (Å²) < 4.78 is 33.2. The summed E-state index contributed by atoms with van der Waals surface area (Å²) in [6.07, 6.45) is 7.45. The Bertz CT molecular complexity index is 1110. The molecule has 2 unspecified atom stereocenters. The van der Waals surface area contributed by atoms with E-state index < -0.39 is 24.8 Å². The first-order chi connectivity index (χ1) is 19.8. The summed E-state index contributed by atoms with van der Waals surface area (Å²) >= 11 is 0. The van der Waals surface area contributed by atoms with Crippen LogP contribution in [-0.2, 0) is 41.0 Å². The Morgan fingerprint density at radius 2 is 1.12 bits per heavy atom. The minimum absolute atomic E-state index is 0.0627. The molecule has 4 bridgehead atoms. The monoisotopic (exact) mass is 580 g/mol. The average Bonchev–Trinajstić information content (AvgIpc) is 2.92. The molecule has 41 heavy (non-hydrogen) atoms. The molecule has 222 valence electrons. The number of carbonyl (C=O) groups excluding carboxylic acids is 2. The van der Waals surface area contributed by atoms with Crippen LogP contribution in [0.15, 0.2) is 60.7 Å². The Hall–Kier alpha value is -2.43. The second kappa shape index (κ2) is 13.3. The molecule has 2 atom stereocenters. The lowest BCUT2D eigenvalue weighted by Crippen LogP contribution is -2.52. The quantitative estimate of drug-likeness (QED) is 0.175. The normalized spacial score (nSPS) is 27.5. The van der Waals surface area contributed by atoms with Crippen LogP contribution in [0.3, 0.4) is 0 Å². The Balaban J connectivity index is 1.47. The second-order valence-electron chi connectivity index (χ2n) is 12.6. The molecule has 0 radical (unpaired) electrons. The average molecular weight is 581 g/mol. The van der Waals surface area contributed by atoms with Gasteiger partial charge in [0.15, 0.2) is 0 Å². The Morgan fingerprint density at radius 1 is 0.732 bits per heavy atom. The first-order valence-corrected chi connectivity index (χ1v) is 17.5. The number of hydrogen-bond donors (Lipinski definition) is 0. The maximum atomic E-state index is 15.3. The van der Waals surface area contributed by atoms with Crippen LogP contribution in [0.2, 0.25) is 0 Å². The van der Waals surface area contributed by atoms with Gasteiger partial charge in [-0.1, -0.05) is 60.7 Å². The second-order valence-corrected chi connectivity index (χ2v) is 15.2. The topological polar surface area (TPSA) is 78.9 Å². The van der Waals surface area contributed by atoms with E-state index >= 15 is 4.57 Å². The highest BCUT2D eigenvalue weighted by Gasteiger charge is 2.54. The molecule has 0 spiro atoms. The molecule has 0 amide bonds. The predicted molar refractivity (Wildman–Crippen MR) is 160 cm³/mol. The standard InChI is InChI=1S/C34H45O6P/c1-3-38-32(35)30(18-25-11-7-5-8-12-25)23-41(37,40-34-20-27-15-28(21-34)17-29(16-27)22-34)24-31(33(36)39-4-2)19-26-13-9-6-10-14-26/h5-14,27-31H,3-4,15-24H2,1-2H3. The van der Waals surface area contributed by atoms with Crippen molar-refractivity contribution in [2.45, 2.75) is 70.8 Å². The fraction of sp³-hybridized carbons (Fsp3) is 0.588. The zero-order chi connectivity index (χ0) is 28.9. The maximum Gasteiger partial charge on any atom is 0.309 e. The summed E-state index contributed by atoms with van der Waals surface area (Å²) in [5.41, 5.74) is 1.54. The summed E-state index contributed by atoms with van der Waals surface area (Å²) in [5.74, 6) is -0.128. The van der Waals surface area contributed by atoms with Crippen molar-refractivity contribution in [2.75, 3.05) is 25.5 Å². The van der Waals surface area contributed by atoms with Gasteiger partial charge in [0.1, 0.15) is 0 Å². The summed E-state index contributed by atoms with van der Waals surface area (Å²) in [5, 5.41) is 0. The molecular formula is C34H45O6P. The van der Waals surface area contributed by atoms with Crippen LogP contribution in [-0.4, -0.2) is 43.1 Å².